The number of anilines is 1. The van der Waals surface area contributed by atoms with Gasteiger partial charge in [-0.3, -0.25) is 0 Å². The van der Waals surface area contributed by atoms with Crippen molar-refractivity contribution in [2.24, 2.45) is 0 Å². The van der Waals surface area contributed by atoms with Gasteiger partial charge >= 0.3 is 0 Å². The average molecular weight is 336 g/mol. The zero-order valence-corrected chi connectivity index (χ0v) is 13.5. The van der Waals surface area contributed by atoms with E-state index in [0.717, 1.165) is 24.5 Å². The SMILES string of the molecule is Fc1cccc(Cl)c1CCNc1ccc(OC2CCOC2)cc1. The van der Waals surface area contributed by atoms with Crippen LogP contribution >= 0.6 is 11.6 Å². The minimum absolute atomic E-state index is 0.150. The van der Waals surface area contributed by atoms with Gasteiger partial charge in [0.2, 0.25) is 0 Å². The topological polar surface area (TPSA) is 30.5 Å². The quantitative estimate of drug-likeness (QED) is 0.853. The monoisotopic (exact) mass is 335 g/mol. The Morgan fingerprint density at radius 3 is 2.74 bits per heavy atom. The standard InChI is InChI=1S/C18H19ClFNO2/c19-17-2-1-3-18(20)16(17)8-10-21-13-4-6-14(7-5-13)23-15-9-11-22-12-15/h1-7,15,21H,8-12H2. The molecule has 0 amide bonds. The predicted molar refractivity (Wildman–Crippen MR) is 89.9 cm³/mol. The van der Waals surface area contributed by atoms with Gasteiger partial charge in [0.05, 0.1) is 13.2 Å². The molecule has 0 saturated carbocycles. The molecule has 5 heteroatoms. The van der Waals surface area contributed by atoms with Crippen LogP contribution in [0.1, 0.15) is 12.0 Å². The molecule has 1 atom stereocenters. The number of halogens is 2. The summed E-state index contributed by atoms with van der Waals surface area (Å²) in [4.78, 5) is 0. The smallest absolute Gasteiger partial charge is 0.127 e. The third-order valence-corrected chi connectivity index (χ3v) is 4.16. The van der Waals surface area contributed by atoms with Crippen molar-refractivity contribution in [3.63, 3.8) is 0 Å². The molecule has 1 fully saturated rings. The normalized spacial score (nSPS) is 17.2. The lowest BCUT2D eigenvalue weighted by atomic mass is 10.1. The predicted octanol–water partition coefficient (Wildman–Crippen LogP) is 4.30. The fourth-order valence-electron chi connectivity index (χ4n) is 2.55. The zero-order chi connectivity index (χ0) is 16.1. The van der Waals surface area contributed by atoms with E-state index in [9.17, 15) is 4.39 Å². The van der Waals surface area contributed by atoms with Crippen LogP contribution in [0.2, 0.25) is 5.02 Å². The van der Waals surface area contributed by atoms with Crippen molar-refractivity contribution in [3.05, 3.63) is 58.9 Å². The van der Waals surface area contributed by atoms with Crippen LogP contribution in [0.15, 0.2) is 42.5 Å². The zero-order valence-electron chi connectivity index (χ0n) is 12.7. The molecule has 0 aliphatic carbocycles. The number of hydrogen-bond donors (Lipinski definition) is 1. The van der Waals surface area contributed by atoms with Crippen molar-refractivity contribution >= 4 is 17.3 Å². The first kappa shape index (κ1) is 16.1. The molecule has 1 saturated heterocycles. The summed E-state index contributed by atoms with van der Waals surface area (Å²) in [5, 5.41) is 3.73. The van der Waals surface area contributed by atoms with Gasteiger partial charge in [-0.2, -0.15) is 0 Å². The summed E-state index contributed by atoms with van der Waals surface area (Å²) in [5.41, 5.74) is 1.51. The van der Waals surface area contributed by atoms with E-state index in [1.54, 1.807) is 12.1 Å². The van der Waals surface area contributed by atoms with E-state index in [0.29, 0.717) is 30.2 Å². The summed E-state index contributed by atoms with van der Waals surface area (Å²) in [6, 6.07) is 12.5. The highest BCUT2D eigenvalue weighted by molar-refractivity contribution is 6.31. The van der Waals surface area contributed by atoms with Gasteiger partial charge in [0.1, 0.15) is 17.7 Å². The Morgan fingerprint density at radius 2 is 2.04 bits per heavy atom. The summed E-state index contributed by atoms with van der Waals surface area (Å²) >= 11 is 6.02. The molecule has 0 bridgehead atoms. The lowest BCUT2D eigenvalue weighted by Gasteiger charge is -2.13. The van der Waals surface area contributed by atoms with Crippen LogP contribution in [0.25, 0.3) is 0 Å². The van der Waals surface area contributed by atoms with Gasteiger partial charge in [0, 0.05) is 29.2 Å². The highest BCUT2D eigenvalue weighted by atomic mass is 35.5. The lowest BCUT2D eigenvalue weighted by molar-refractivity contribution is 0.141. The van der Waals surface area contributed by atoms with Gasteiger partial charge in [0.25, 0.3) is 0 Å². The Bertz CT molecular complexity index is 622. The molecule has 1 aliphatic rings. The van der Waals surface area contributed by atoms with Gasteiger partial charge in [-0.25, -0.2) is 4.39 Å². The fraction of sp³-hybridized carbons (Fsp3) is 0.333. The Kier molecular flexibility index (Phi) is 5.36. The molecule has 23 heavy (non-hydrogen) atoms. The Morgan fingerprint density at radius 1 is 1.22 bits per heavy atom. The minimum atomic E-state index is -0.262. The molecule has 3 rings (SSSR count). The summed E-state index contributed by atoms with van der Waals surface area (Å²) in [5.74, 6) is 0.574. The number of ether oxygens (including phenoxy) is 2. The molecule has 1 heterocycles. The molecule has 0 aromatic heterocycles. The minimum Gasteiger partial charge on any atom is -0.488 e. The van der Waals surface area contributed by atoms with Crippen molar-refractivity contribution < 1.29 is 13.9 Å². The van der Waals surface area contributed by atoms with Crippen LogP contribution in [0.5, 0.6) is 5.75 Å². The first-order chi connectivity index (χ1) is 11.2. The first-order valence-electron chi connectivity index (χ1n) is 7.73. The average Bonchev–Trinajstić information content (AvgIpc) is 3.05. The van der Waals surface area contributed by atoms with Gasteiger partial charge in [-0.05, 0) is 42.8 Å². The maximum atomic E-state index is 13.7. The maximum Gasteiger partial charge on any atom is 0.127 e. The molecule has 0 radical (unpaired) electrons. The molecule has 1 aliphatic heterocycles. The highest BCUT2D eigenvalue weighted by Crippen LogP contribution is 2.21. The second-order valence-corrected chi connectivity index (χ2v) is 5.91. The molecule has 0 spiro atoms. The number of nitrogens with one attached hydrogen (secondary N) is 1. The van der Waals surface area contributed by atoms with E-state index in [1.807, 2.05) is 24.3 Å². The number of benzene rings is 2. The maximum absolute atomic E-state index is 13.7. The van der Waals surface area contributed by atoms with E-state index < -0.39 is 0 Å². The fourth-order valence-corrected chi connectivity index (χ4v) is 2.81. The lowest BCUT2D eigenvalue weighted by Crippen LogP contribution is -2.15. The molecule has 1 unspecified atom stereocenters. The van der Waals surface area contributed by atoms with E-state index in [1.165, 1.54) is 6.07 Å². The Hall–Kier alpha value is -1.78. The van der Waals surface area contributed by atoms with Crippen LogP contribution in [0, 0.1) is 5.82 Å². The molecule has 3 nitrogen and oxygen atoms in total. The van der Waals surface area contributed by atoms with Crippen LogP contribution in [-0.4, -0.2) is 25.9 Å². The molecule has 122 valence electrons. The molecule has 2 aromatic rings. The van der Waals surface area contributed by atoms with Gasteiger partial charge in [0.15, 0.2) is 0 Å². The van der Waals surface area contributed by atoms with E-state index in [4.69, 9.17) is 21.1 Å². The van der Waals surface area contributed by atoms with Gasteiger partial charge < -0.3 is 14.8 Å². The second-order valence-electron chi connectivity index (χ2n) is 5.50. The van der Waals surface area contributed by atoms with Crippen molar-refractivity contribution in [2.45, 2.75) is 18.9 Å². The third kappa shape index (κ3) is 4.36. The van der Waals surface area contributed by atoms with Crippen molar-refractivity contribution in [3.8, 4) is 5.75 Å². The van der Waals surface area contributed by atoms with E-state index in [-0.39, 0.29) is 11.9 Å². The number of rotatable bonds is 6. The summed E-state index contributed by atoms with van der Waals surface area (Å²) in [7, 11) is 0. The van der Waals surface area contributed by atoms with Crippen LogP contribution in [0.4, 0.5) is 10.1 Å². The van der Waals surface area contributed by atoms with Crippen LogP contribution in [0.3, 0.4) is 0 Å². The Balaban J connectivity index is 1.50. The third-order valence-electron chi connectivity index (χ3n) is 3.81. The molecular weight excluding hydrogens is 317 g/mol. The van der Waals surface area contributed by atoms with Crippen LogP contribution in [-0.2, 0) is 11.2 Å². The molecule has 2 aromatic carbocycles. The van der Waals surface area contributed by atoms with Gasteiger partial charge in [-0.15, -0.1) is 0 Å². The Labute approximate surface area is 140 Å². The molecule has 1 N–H and O–H groups in total. The van der Waals surface area contributed by atoms with Crippen molar-refractivity contribution in [1.29, 1.82) is 0 Å². The van der Waals surface area contributed by atoms with E-state index >= 15 is 0 Å². The second kappa shape index (κ2) is 7.66. The number of hydrogen-bond acceptors (Lipinski definition) is 3. The van der Waals surface area contributed by atoms with Gasteiger partial charge in [-0.1, -0.05) is 17.7 Å². The van der Waals surface area contributed by atoms with Crippen LogP contribution < -0.4 is 10.1 Å². The van der Waals surface area contributed by atoms with E-state index in [2.05, 4.69) is 5.32 Å². The first-order valence-corrected chi connectivity index (χ1v) is 8.11. The summed E-state index contributed by atoms with van der Waals surface area (Å²) in [6.07, 6.45) is 1.61. The molecular formula is C18H19ClFNO2. The van der Waals surface area contributed by atoms with Crippen molar-refractivity contribution in [2.75, 3.05) is 25.1 Å². The highest BCUT2D eigenvalue weighted by Gasteiger charge is 2.16. The largest absolute Gasteiger partial charge is 0.488 e. The van der Waals surface area contributed by atoms with Crippen molar-refractivity contribution in [1.82, 2.24) is 0 Å². The summed E-state index contributed by atoms with van der Waals surface area (Å²) in [6.45, 7) is 2.03. The summed E-state index contributed by atoms with van der Waals surface area (Å²) < 4.78 is 24.8.